The first kappa shape index (κ1) is 12.9. The third kappa shape index (κ3) is 8.22. The minimum Gasteiger partial charge on any atom is -0.353 e. The predicted molar refractivity (Wildman–Crippen MR) is 54.0 cm³/mol. The molecule has 0 bridgehead atoms. The van der Waals surface area contributed by atoms with Crippen LogP contribution in [0.5, 0.6) is 0 Å². The smallest absolute Gasteiger partial charge is 0.157 e. The Kier molecular flexibility index (Phi) is 8.40. The van der Waals surface area contributed by atoms with Crippen LogP contribution in [-0.2, 0) is 9.47 Å². The lowest BCUT2D eigenvalue weighted by Crippen LogP contribution is -3.05. The third-order valence-electron chi connectivity index (χ3n) is 1.82. The zero-order valence-electron chi connectivity index (χ0n) is 9.43. The quantitative estimate of drug-likeness (QED) is 0.557. The molecule has 0 spiro atoms. The molecule has 0 heterocycles. The van der Waals surface area contributed by atoms with Crippen LogP contribution in [0.25, 0.3) is 0 Å². The molecule has 1 N–H and O–H groups in total. The van der Waals surface area contributed by atoms with Crippen molar-refractivity contribution in [1.82, 2.24) is 0 Å². The minimum absolute atomic E-state index is 0.00866. The monoisotopic (exact) mass is 190 g/mol. The Morgan fingerprint density at radius 3 is 2.00 bits per heavy atom. The SMILES string of the molecule is CCOC(CCC[NH+](C)C)OCC. The van der Waals surface area contributed by atoms with Crippen LogP contribution < -0.4 is 4.90 Å². The summed E-state index contributed by atoms with van der Waals surface area (Å²) >= 11 is 0. The Hall–Kier alpha value is -0.120. The van der Waals surface area contributed by atoms with E-state index in [-0.39, 0.29) is 6.29 Å². The molecule has 0 unspecified atom stereocenters. The molecule has 0 aromatic carbocycles. The van der Waals surface area contributed by atoms with E-state index in [2.05, 4.69) is 14.1 Å². The Labute approximate surface area is 82.0 Å². The van der Waals surface area contributed by atoms with Crippen molar-refractivity contribution < 1.29 is 14.4 Å². The number of hydrogen-bond acceptors (Lipinski definition) is 2. The van der Waals surface area contributed by atoms with E-state index in [0.717, 1.165) is 26.1 Å². The van der Waals surface area contributed by atoms with E-state index in [4.69, 9.17) is 9.47 Å². The normalized spacial score (nSPS) is 11.5. The molecule has 0 radical (unpaired) electrons. The summed E-state index contributed by atoms with van der Waals surface area (Å²) in [5, 5.41) is 0. The van der Waals surface area contributed by atoms with Gasteiger partial charge in [0.15, 0.2) is 6.29 Å². The van der Waals surface area contributed by atoms with Crippen molar-refractivity contribution in [2.24, 2.45) is 0 Å². The van der Waals surface area contributed by atoms with Crippen LogP contribution in [0.4, 0.5) is 0 Å². The van der Waals surface area contributed by atoms with Gasteiger partial charge in [0.1, 0.15) is 0 Å². The maximum atomic E-state index is 5.43. The number of ether oxygens (including phenoxy) is 2. The van der Waals surface area contributed by atoms with Gasteiger partial charge in [-0.15, -0.1) is 0 Å². The summed E-state index contributed by atoms with van der Waals surface area (Å²) in [5.74, 6) is 0. The Balaban J connectivity index is 3.44. The van der Waals surface area contributed by atoms with Crippen molar-refractivity contribution in [2.75, 3.05) is 33.9 Å². The highest BCUT2D eigenvalue weighted by Crippen LogP contribution is 2.02. The van der Waals surface area contributed by atoms with Gasteiger partial charge >= 0.3 is 0 Å². The molecule has 0 aliphatic carbocycles. The molecule has 0 aliphatic rings. The maximum Gasteiger partial charge on any atom is 0.157 e. The van der Waals surface area contributed by atoms with E-state index in [9.17, 15) is 0 Å². The summed E-state index contributed by atoms with van der Waals surface area (Å²) in [6, 6.07) is 0. The Morgan fingerprint density at radius 1 is 1.08 bits per heavy atom. The molecule has 0 amide bonds. The molecular formula is C10H24NO2+. The summed E-state index contributed by atoms with van der Waals surface area (Å²) in [6.45, 7) is 6.65. The van der Waals surface area contributed by atoms with Crippen LogP contribution in [0.1, 0.15) is 26.7 Å². The van der Waals surface area contributed by atoms with Crippen LogP contribution >= 0.6 is 0 Å². The van der Waals surface area contributed by atoms with Gasteiger partial charge in [0, 0.05) is 26.1 Å². The van der Waals surface area contributed by atoms with Crippen molar-refractivity contribution in [3.63, 3.8) is 0 Å². The number of nitrogens with one attached hydrogen (secondary N) is 1. The molecule has 0 saturated heterocycles. The lowest BCUT2D eigenvalue weighted by molar-refractivity contribution is -0.858. The molecule has 0 aliphatic heterocycles. The lowest BCUT2D eigenvalue weighted by atomic mass is 10.3. The van der Waals surface area contributed by atoms with E-state index in [1.54, 1.807) is 0 Å². The third-order valence-corrected chi connectivity index (χ3v) is 1.82. The molecule has 0 rings (SSSR count). The molecule has 0 fully saturated rings. The Morgan fingerprint density at radius 2 is 1.62 bits per heavy atom. The van der Waals surface area contributed by atoms with E-state index >= 15 is 0 Å². The highest BCUT2D eigenvalue weighted by Gasteiger charge is 2.07. The highest BCUT2D eigenvalue weighted by atomic mass is 16.7. The summed E-state index contributed by atoms with van der Waals surface area (Å²) in [6.07, 6.45) is 2.18. The largest absolute Gasteiger partial charge is 0.353 e. The van der Waals surface area contributed by atoms with Gasteiger partial charge in [0.05, 0.1) is 20.6 Å². The zero-order valence-corrected chi connectivity index (χ0v) is 9.43. The first-order chi connectivity index (χ1) is 6.20. The maximum absolute atomic E-state index is 5.43. The van der Waals surface area contributed by atoms with Crippen molar-refractivity contribution in [2.45, 2.75) is 33.0 Å². The van der Waals surface area contributed by atoms with E-state index in [1.807, 2.05) is 13.8 Å². The van der Waals surface area contributed by atoms with Crippen LogP contribution in [0.15, 0.2) is 0 Å². The fourth-order valence-corrected chi connectivity index (χ4v) is 1.21. The van der Waals surface area contributed by atoms with Crippen molar-refractivity contribution >= 4 is 0 Å². The van der Waals surface area contributed by atoms with Gasteiger partial charge in [-0.05, 0) is 13.8 Å². The summed E-state index contributed by atoms with van der Waals surface area (Å²) in [5.41, 5.74) is 0. The molecule has 0 aromatic heterocycles. The molecule has 80 valence electrons. The average Bonchev–Trinajstić information content (AvgIpc) is 2.04. The van der Waals surface area contributed by atoms with Gasteiger partial charge < -0.3 is 14.4 Å². The second-order valence-corrected chi connectivity index (χ2v) is 3.44. The highest BCUT2D eigenvalue weighted by molar-refractivity contribution is 4.44. The summed E-state index contributed by atoms with van der Waals surface area (Å²) in [7, 11) is 4.33. The molecule has 13 heavy (non-hydrogen) atoms. The zero-order chi connectivity index (χ0) is 10.1. The van der Waals surface area contributed by atoms with Crippen LogP contribution in [0, 0.1) is 0 Å². The average molecular weight is 190 g/mol. The van der Waals surface area contributed by atoms with Crippen LogP contribution in [0.3, 0.4) is 0 Å². The second-order valence-electron chi connectivity index (χ2n) is 3.44. The molecule has 0 aromatic rings. The molecule has 3 heteroatoms. The first-order valence-electron chi connectivity index (χ1n) is 5.22. The van der Waals surface area contributed by atoms with Gasteiger partial charge in [0.25, 0.3) is 0 Å². The minimum atomic E-state index is 0.00866. The van der Waals surface area contributed by atoms with E-state index in [1.165, 1.54) is 11.4 Å². The number of hydrogen-bond donors (Lipinski definition) is 1. The lowest BCUT2D eigenvalue weighted by Gasteiger charge is -2.17. The van der Waals surface area contributed by atoms with Crippen molar-refractivity contribution in [1.29, 1.82) is 0 Å². The topological polar surface area (TPSA) is 22.9 Å². The van der Waals surface area contributed by atoms with Gasteiger partial charge in [-0.2, -0.15) is 0 Å². The second kappa shape index (κ2) is 8.48. The molecule has 3 nitrogen and oxygen atoms in total. The van der Waals surface area contributed by atoms with E-state index in [0.29, 0.717) is 0 Å². The molecule has 0 saturated carbocycles. The molecule has 0 atom stereocenters. The van der Waals surface area contributed by atoms with Crippen LogP contribution in [0.2, 0.25) is 0 Å². The van der Waals surface area contributed by atoms with Gasteiger partial charge in [-0.3, -0.25) is 0 Å². The van der Waals surface area contributed by atoms with E-state index < -0.39 is 0 Å². The fourth-order valence-electron chi connectivity index (χ4n) is 1.21. The number of quaternary nitrogens is 1. The first-order valence-corrected chi connectivity index (χ1v) is 5.22. The fraction of sp³-hybridized carbons (Fsp3) is 1.00. The van der Waals surface area contributed by atoms with Crippen LogP contribution in [-0.4, -0.2) is 40.1 Å². The predicted octanol–water partition coefficient (Wildman–Crippen LogP) is 0.310. The summed E-state index contributed by atoms with van der Waals surface area (Å²) in [4.78, 5) is 1.48. The van der Waals surface area contributed by atoms with Gasteiger partial charge in [0.2, 0.25) is 0 Å². The standard InChI is InChI=1S/C10H23NO2/c1-5-12-10(13-6-2)8-7-9-11(3)4/h10H,5-9H2,1-4H3/p+1. The Bertz CT molecular complexity index is 101. The van der Waals surface area contributed by atoms with Crippen molar-refractivity contribution in [3.05, 3.63) is 0 Å². The van der Waals surface area contributed by atoms with Crippen molar-refractivity contribution in [3.8, 4) is 0 Å². The summed E-state index contributed by atoms with van der Waals surface area (Å²) < 4.78 is 10.9. The van der Waals surface area contributed by atoms with Gasteiger partial charge in [-0.25, -0.2) is 0 Å². The molecular weight excluding hydrogens is 166 g/mol. The number of rotatable bonds is 8. The van der Waals surface area contributed by atoms with Gasteiger partial charge in [-0.1, -0.05) is 0 Å².